The lowest BCUT2D eigenvalue weighted by Gasteiger charge is -2.31. The van der Waals surface area contributed by atoms with Crippen molar-refractivity contribution in [3.05, 3.63) is 102 Å². The summed E-state index contributed by atoms with van der Waals surface area (Å²) in [6.07, 6.45) is -0.0714. The lowest BCUT2D eigenvalue weighted by Crippen LogP contribution is -2.53. The topological polar surface area (TPSA) is 252 Å². The lowest BCUT2D eigenvalue weighted by atomic mass is 10.0. The molecule has 4 aliphatic rings. The molecule has 402 valence electrons. The van der Waals surface area contributed by atoms with E-state index in [1.165, 1.54) is 37.5 Å². The number of alkyl carbamates (subject to hydrolysis) is 1. The van der Waals surface area contributed by atoms with Gasteiger partial charge >= 0.3 is 18.3 Å². The van der Waals surface area contributed by atoms with Gasteiger partial charge < -0.3 is 59.1 Å². The van der Waals surface area contributed by atoms with Crippen LogP contribution in [0.1, 0.15) is 90.3 Å². The second-order valence-corrected chi connectivity index (χ2v) is 19.1. The van der Waals surface area contributed by atoms with Crippen molar-refractivity contribution < 1.29 is 72.2 Å². The van der Waals surface area contributed by atoms with E-state index in [-0.39, 0.29) is 97.0 Å². The first-order valence-electron chi connectivity index (χ1n) is 25.1. The number of carbonyl (C=O) groups is 7. The fourth-order valence-electron chi connectivity index (χ4n) is 9.62. The summed E-state index contributed by atoms with van der Waals surface area (Å²) in [7, 11) is 1.42. The van der Waals surface area contributed by atoms with E-state index in [9.17, 15) is 43.8 Å². The van der Waals surface area contributed by atoms with Crippen LogP contribution in [0.4, 0.5) is 25.8 Å². The van der Waals surface area contributed by atoms with Crippen LogP contribution < -0.4 is 34.6 Å². The minimum Gasteiger partial charge on any atom is -0.493 e. The molecule has 4 N–H and O–H groups in total. The largest absolute Gasteiger partial charge is 0.493 e. The molecule has 2 saturated heterocycles. The van der Waals surface area contributed by atoms with Crippen LogP contribution in [0.2, 0.25) is 0 Å². The molecule has 21 heteroatoms. The maximum absolute atomic E-state index is 14.1. The molecule has 0 aliphatic carbocycles. The Morgan fingerprint density at radius 3 is 1.83 bits per heavy atom. The second kappa shape index (κ2) is 24.6. The number of methoxy groups -OCH3 is 1. The highest BCUT2D eigenvalue weighted by Crippen LogP contribution is 2.42. The smallest absolute Gasteiger partial charge is 0.416 e. The number of amides is 6. The van der Waals surface area contributed by atoms with Crippen molar-refractivity contribution in [2.75, 3.05) is 56.4 Å². The van der Waals surface area contributed by atoms with Crippen LogP contribution in [-0.2, 0) is 36.8 Å². The van der Waals surface area contributed by atoms with Crippen molar-refractivity contribution in [2.45, 2.75) is 109 Å². The number of carbonyl (C=O) groups excluding carboxylic acids is 7. The Kier molecular flexibility index (Phi) is 18.1. The summed E-state index contributed by atoms with van der Waals surface area (Å²) in [5, 5.41) is 28.5. The van der Waals surface area contributed by atoms with E-state index in [1.54, 1.807) is 67.8 Å². The lowest BCUT2D eigenvalue weighted by molar-refractivity contribution is -0.129. The maximum atomic E-state index is 14.1. The Balaban J connectivity index is 0.997. The van der Waals surface area contributed by atoms with E-state index in [0.29, 0.717) is 67.6 Å². The van der Waals surface area contributed by atoms with Gasteiger partial charge in [-0.1, -0.05) is 63.4 Å². The van der Waals surface area contributed by atoms with Crippen molar-refractivity contribution in [3.8, 4) is 17.2 Å². The minimum atomic E-state index is -1.45. The molecule has 6 atom stereocenters. The molecule has 0 aromatic heterocycles. The highest BCUT2D eigenvalue weighted by atomic mass is 16.6. The van der Waals surface area contributed by atoms with Gasteiger partial charge in [-0.25, -0.2) is 24.2 Å². The SMILES string of the molecule is C=CCOC(=O)N[C@H](C(=O)N[C@@H](C)C(=O)Cc1ccc(COC(=O)N2c3cc(OCCCOc4cc5c(cc4OC)C(=O)N4CCC[C@H]4[C@H](O)N5C(=O)OCC=C)c(C)cc3C(=O)N3CCC[C@H]3[C@@H]2O)cc1)C(C)C. The van der Waals surface area contributed by atoms with E-state index in [2.05, 4.69) is 23.8 Å². The van der Waals surface area contributed by atoms with Gasteiger partial charge in [0.25, 0.3) is 11.8 Å². The van der Waals surface area contributed by atoms with E-state index < -0.39 is 60.8 Å². The number of fused-ring (bicyclic) bond motifs is 4. The van der Waals surface area contributed by atoms with Gasteiger partial charge in [-0.05, 0) is 74.3 Å². The van der Waals surface area contributed by atoms with Crippen LogP contribution in [0.25, 0.3) is 0 Å². The predicted octanol–water partition coefficient (Wildman–Crippen LogP) is 5.55. The van der Waals surface area contributed by atoms with E-state index >= 15 is 0 Å². The predicted molar refractivity (Wildman–Crippen MR) is 273 cm³/mol. The normalized spacial score (nSPS) is 19.5. The van der Waals surface area contributed by atoms with Crippen molar-refractivity contribution in [2.24, 2.45) is 5.92 Å². The van der Waals surface area contributed by atoms with E-state index in [4.69, 9.17) is 28.4 Å². The maximum Gasteiger partial charge on any atom is 0.416 e. The Hall–Kier alpha value is -7.65. The van der Waals surface area contributed by atoms with Gasteiger partial charge in [0.15, 0.2) is 29.7 Å². The quantitative estimate of drug-likeness (QED) is 0.0615. The number of ether oxygens (including phenoxy) is 6. The summed E-state index contributed by atoms with van der Waals surface area (Å²) in [6.45, 7) is 14.5. The third-order valence-electron chi connectivity index (χ3n) is 13.6. The minimum absolute atomic E-state index is 0.0188. The number of aliphatic hydroxyl groups excluding tert-OH is 2. The Labute approximate surface area is 435 Å². The Morgan fingerprint density at radius 1 is 0.720 bits per heavy atom. The number of hydrogen-bond donors (Lipinski definition) is 4. The van der Waals surface area contributed by atoms with Gasteiger partial charge in [0.2, 0.25) is 5.91 Å². The number of aliphatic hydroxyl groups is 2. The molecule has 0 bridgehead atoms. The number of hydrogen-bond acceptors (Lipinski definition) is 15. The van der Waals surface area contributed by atoms with Crippen molar-refractivity contribution in [3.63, 3.8) is 0 Å². The molecular weight excluding hydrogens is 973 g/mol. The van der Waals surface area contributed by atoms with Crippen LogP contribution in [-0.4, -0.2) is 145 Å². The highest BCUT2D eigenvalue weighted by Gasteiger charge is 2.47. The zero-order valence-corrected chi connectivity index (χ0v) is 42.9. The summed E-state index contributed by atoms with van der Waals surface area (Å²) < 4.78 is 34.0. The van der Waals surface area contributed by atoms with Gasteiger partial charge in [0, 0.05) is 38.1 Å². The fourth-order valence-corrected chi connectivity index (χ4v) is 9.62. The number of aryl methyl sites for hydroxylation is 1. The molecule has 3 aromatic rings. The summed E-state index contributed by atoms with van der Waals surface area (Å²) in [5.74, 6) is -1.08. The Morgan fingerprint density at radius 2 is 1.25 bits per heavy atom. The first kappa shape index (κ1) is 55.1. The molecule has 0 unspecified atom stereocenters. The number of nitrogens with zero attached hydrogens (tertiary/aromatic N) is 4. The van der Waals surface area contributed by atoms with Gasteiger partial charge in [0.1, 0.15) is 31.6 Å². The van der Waals surface area contributed by atoms with Crippen LogP contribution >= 0.6 is 0 Å². The molecule has 3 aromatic carbocycles. The monoisotopic (exact) mass is 1040 g/mol. The summed E-state index contributed by atoms with van der Waals surface area (Å²) in [4.78, 5) is 98.8. The highest BCUT2D eigenvalue weighted by molar-refractivity contribution is 6.07. The number of nitrogens with one attached hydrogen (secondary N) is 2. The third kappa shape index (κ3) is 12.3. The molecule has 6 amide bonds. The van der Waals surface area contributed by atoms with Gasteiger partial charge in [-0.3, -0.25) is 19.2 Å². The fraction of sp³-hybridized carbons (Fsp3) is 0.463. The molecule has 75 heavy (non-hydrogen) atoms. The molecular formula is C54H66N6O15. The molecule has 0 radical (unpaired) electrons. The van der Waals surface area contributed by atoms with Gasteiger partial charge in [-0.15, -0.1) is 0 Å². The molecule has 4 aliphatic heterocycles. The number of rotatable bonds is 20. The van der Waals surface area contributed by atoms with Crippen LogP contribution in [0, 0.1) is 12.8 Å². The molecule has 0 saturated carbocycles. The van der Waals surface area contributed by atoms with Crippen molar-refractivity contribution in [1.29, 1.82) is 0 Å². The average Bonchev–Trinajstić information content (AvgIpc) is 4.08. The third-order valence-corrected chi connectivity index (χ3v) is 13.6. The molecule has 4 heterocycles. The van der Waals surface area contributed by atoms with Crippen LogP contribution in [0.15, 0.2) is 73.8 Å². The molecule has 2 fully saturated rings. The van der Waals surface area contributed by atoms with Crippen molar-refractivity contribution >= 4 is 53.2 Å². The zero-order chi connectivity index (χ0) is 54.1. The number of benzene rings is 3. The summed E-state index contributed by atoms with van der Waals surface area (Å²) in [5.41, 5.74) is 2.32. The van der Waals surface area contributed by atoms with Gasteiger partial charge in [0.05, 0.1) is 61.0 Å². The first-order valence-corrected chi connectivity index (χ1v) is 25.1. The number of Topliss-reactive ketones (excluding diaryl/α,β-unsaturated/α-hetero) is 1. The zero-order valence-electron chi connectivity index (χ0n) is 42.9. The van der Waals surface area contributed by atoms with Gasteiger partial charge in [-0.2, -0.15) is 0 Å². The summed E-state index contributed by atoms with van der Waals surface area (Å²) in [6, 6.07) is 9.73. The van der Waals surface area contributed by atoms with E-state index in [0.717, 1.165) is 9.80 Å². The molecule has 0 spiro atoms. The summed E-state index contributed by atoms with van der Waals surface area (Å²) >= 11 is 0. The first-order chi connectivity index (χ1) is 36.0. The Bertz CT molecular complexity index is 2660. The number of ketones is 1. The van der Waals surface area contributed by atoms with E-state index in [1.807, 2.05) is 0 Å². The standard InChI is InChI=1S/C54H66N6O15/c1-8-21-73-52(67)56-46(31(3)4)47(62)55-33(6)42(61)26-34-15-17-35(18-16-34)30-75-54(69)60-40-28-43(32(5)25-36(40)48(63)57-19-10-14-39(57)51(60)66)71-23-12-24-72-45-29-41-37(27-44(45)70-7)49(64)58-20-11-13-38(58)50(65)59(41)53(68)74-22-9-2/h8-9,15-18,25,27-29,31,33,38-39,46,50-51,65-66H,1-2,10-14,19-24,26,30H2,3-7H3,(H,55,62)(H,56,67)/t33-,38-,39-,46-,50-,51-/m0/s1. The van der Waals surface area contributed by atoms with Crippen LogP contribution in [0.3, 0.4) is 0 Å². The van der Waals surface area contributed by atoms with Crippen LogP contribution in [0.5, 0.6) is 17.2 Å². The molecule has 21 nitrogen and oxygen atoms in total. The molecule has 7 rings (SSSR count). The number of anilines is 2. The second-order valence-electron chi connectivity index (χ2n) is 19.1. The average molecular weight is 1040 g/mol. The van der Waals surface area contributed by atoms with Crippen molar-refractivity contribution in [1.82, 2.24) is 20.4 Å².